The van der Waals surface area contributed by atoms with Crippen molar-refractivity contribution < 1.29 is 0 Å². The van der Waals surface area contributed by atoms with Crippen LogP contribution in [0.1, 0.15) is 41.4 Å². The van der Waals surface area contributed by atoms with Gasteiger partial charge in [-0.2, -0.15) is 0 Å². The lowest BCUT2D eigenvalue weighted by Crippen LogP contribution is -2.17. The Balaban J connectivity index is 0.930. The summed E-state index contributed by atoms with van der Waals surface area (Å²) in [6, 6.07) is 74.6. The molecule has 3 nitrogen and oxygen atoms in total. The number of para-hydroxylation sites is 4. The fourth-order valence-electron chi connectivity index (χ4n) is 9.49. The molecule has 2 aliphatic carbocycles. The fourth-order valence-corrected chi connectivity index (χ4v) is 9.49. The van der Waals surface area contributed by atoms with Gasteiger partial charge in [-0.05, 0) is 137 Å². The Hall–Kier alpha value is -7.62. The number of nitrogens with zero attached hydrogens (tertiary/aromatic N) is 3. The van der Waals surface area contributed by atoms with Gasteiger partial charge < -0.3 is 14.7 Å². The third-order valence-corrected chi connectivity index (χ3v) is 12.5. The quantitative estimate of drug-likeness (QED) is 0.144. The SMILES string of the molecule is C1=CC(c2ccc3c(c2)C2CC(c4ccc(N(c5ccccc5)c5ccccc5)cc4)=CC=C2N3c2ccc3ccccc3c2)CC=C1N(c1ccccc1)c1ccccc1. The summed E-state index contributed by atoms with van der Waals surface area (Å²) in [6.45, 7) is 0. The summed E-state index contributed by atoms with van der Waals surface area (Å²) in [4.78, 5) is 7.19. The number of hydrogen-bond acceptors (Lipinski definition) is 3. The third-order valence-electron chi connectivity index (χ3n) is 12.5. The lowest BCUT2D eigenvalue weighted by atomic mass is 9.83. The molecule has 61 heavy (non-hydrogen) atoms. The Morgan fingerprint density at radius 1 is 0.475 bits per heavy atom. The van der Waals surface area contributed by atoms with Crippen LogP contribution in [0.15, 0.2) is 248 Å². The number of benzene rings is 8. The van der Waals surface area contributed by atoms with Gasteiger partial charge in [-0.1, -0.05) is 146 Å². The molecule has 0 radical (unpaired) electrons. The van der Waals surface area contributed by atoms with Crippen molar-refractivity contribution in [3.8, 4) is 0 Å². The van der Waals surface area contributed by atoms with Crippen LogP contribution in [-0.2, 0) is 0 Å². The first-order chi connectivity index (χ1) is 30.2. The van der Waals surface area contributed by atoms with E-state index in [1.807, 2.05) is 0 Å². The zero-order chi connectivity index (χ0) is 40.5. The zero-order valence-electron chi connectivity index (χ0n) is 33.9. The van der Waals surface area contributed by atoms with Crippen molar-refractivity contribution in [2.45, 2.75) is 24.7 Å². The van der Waals surface area contributed by atoms with Crippen molar-refractivity contribution >= 4 is 56.2 Å². The van der Waals surface area contributed by atoms with Crippen molar-refractivity contribution in [3.05, 3.63) is 265 Å². The van der Waals surface area contributed by atoms with Crippen molar-refractivity contribution in [1.29, 1.82) is 0 Å². The number of allylic oxidation sites excluding steroid dienone is 7. The molecule has 8 aromatic rings. The largest absolute Gasteiger partial charge is 0.313 e. The molecule has 8 aromatic carbocycles. The van der Waals surface area contributed by atoms with Gasteiger partial charge in [-0.3, -0.25) is 0 Å². The van der Waals surface area contributed by atoms with Crippen LogP contribution in [0.4, 0.5) is 39.8 Å². The first-order valence-corrected chi connectivity index (χ1v) is 21.4. The van der Waals surface area contributed by atoms with Gasteiger partial charge in [0, 0.05) is 63.0 Å². The molecule has 0 N–H and O–H groups in total. The average Bonchev–Trinajstić information content (AvgIpc) is 3.66. The summed E-state index contributed by atoms with van der Waals surface area (Å²) in [7, 11) is 0. The molecule has 0 aromatic heterocycles. The van der Waals surface area contributed by atoms with E-state index in [1.165, 1.54) is 55.8 Å². The van der Waals surface area contributed by atoms with Crippen molar-refractivity contribution in [1.82, 2.24) is 0 Å². The van der Waals surface area contributed by atoms with Gasteiger partial charge in [-0.25, -0.2) is 0 Å². The van der Waals surface area contributed by atoms with Crippen LogP contribution in [-0.4, -0.2) is 0 Å². The van der Waals surface area contributed by atoms with Crippen LogP contribution in [0, 0.1) is 0 Å². The summed E-state index contributed by atoms with van der Waals surface area (Å²) >= 11 is 0. The Bertz CT molecular complexity index is 2890. The Morgan fingerprint density at radius 2 is 1.05 bits per heavy atom. The topological polar surface area (TPSA) is 9.72 Å². The van der Waals surface area contributed by atoms with E-state index < -0.39 is 0 Å². The summed E-state index contributed by atoms with van der Waals surface area (Å²) < 4.78 is 0. The molecule has 3 aliphatic rings. The smallest absolute Gasteiger partial charge is 0.0497 e. The predicted octanol–water partition coefficient (Wildman–Crippen LogP) is 15.7. The number of fused-ring (bicyclic) bond motifs is 4. The highest BCUT2D eigenvalue weighted by molar-refractivity contribution is 5.90. The maximum atomic E-state index is 2.51. The van der Waals surface area contributed by atoms with E-state index in [0.717, 1.165) is 41.3 Å². The van der Waals surface area contributed by atoms with Crippen molar-refractivity contribution in [3.63, 3.8) is 0 Å². The van der Waals surface area contributed by atoms with Crippen LogP contribution in [0.5, 0.6) is 0 Å². The second-order valence-electron chi connectivity index (χ2n) is 16.1. The molecule has 0 spiro atoms. The molecule has 0 fully saturated rings. The Labute approximate surface area is 358 Å². The van der Waals surface area contributed by atoms with E-state index in [9.17, 15) is 0 Å². The predicted molar refractivity (Wildman–Crippen MR) is 257 cm³/mol. The lowest BCUT2D eigenvalue weighted by molar-refractivity contribution is 0.815. The second kappa shape index (κ2) is 15.9. The van der Waals surface area contributed by atoms with Crippen LogP contribution in [0.25, 0.3) is 16.3 Å². The maximum Gasteiger partial charge on any atom is 0.0497 e. The monoisotopic (exact) mass is 783 g/mol. The third kappa shape index (κ3) is 6.94. The molecule has 0 saturated heterocycles. The van der Waals surface area contributed by atoms with Gasteiger partial charge in [0.15, 0.2) is 0 Å². The first-order valence-electron chi connectivity index (χ1n) is 21.4. The van der Waals surface area contributed by atoms with E-state index in [2.05, 4.69) is 251 Å². The minimum absolute atomic E-state index is 0.233. The van der Waals surface area contributed by atoms with Gasteiger partial charge in [0.2, 0.25) is 0 Å². The number of anilines is 7. The van der Waals surface area contributed by atoms with Gasteiger partial charge in [0.1, 0.15) is 0 Å². The molecule has 11 rings (SSSR count). The fraction of sp³-hybridized carbons (Fsp3) is 0.0690. The zero-order valence-corrected chi connectivity index (χ0v) is 33.9. The minimum Gasteiger partial charge on any atom is -0.313 e. The van der Waals surface area contributed by atoms with E-state index in [1.54, 1.807) is 0 Å². The average molecular weight is 784 g/mol. The summed E-state index contributed by atoms with van der Waals surface area (Å²) in [5.41, 5.74) is 16.1. The van der Waals surface area contributed by atoms with Gasteiger partial charge in [-0.15, -0.1) is 0 Å². The highest BCUT2D eigenvalue weighted by Crippen LogP contribution is 2.54. The molecular formula is C58H45N3. The highest BCUT2D eigenvalue weighted by atomic mass is 15.2. The van der Waals surface area contributed by atoms with Crippen LogP contribution in [0.3, 0.4) is 0 Å². The summed E-state index contributed by atoms with van der Waals surface area (Å²) in [5.74, 6) is 0.518. The van der Waals surface area contributed by atoms with E-state index >= 15 is 0 Å². The van der Waals surface area contributed by atoms with E-state index in [0.29, 0.717) is 0 Å². The maximum absolute atomic E-state index is 2.51. The molecule has 3 heteroatoms. The second-order valence-corrected chi connectivity index (χ2v) is 16.1. The molecule has 0 saturated carbocycles. The van der Waals surface area contributed by atoms with E-state index in [-0.39, 0.29) is 11.8 Å². The first kappa shape index (κ1) is 36.5. The van der Waals surface area contributed by atoms with E-state index in [4.69, 9.17) is 0 Å². The number of hydrogen-bond donors (Lipinski definition) is 0. The molecule has 292 valence electrons. The molecule has 2 atom stereocenters. The van der Waals surface area contributed by atoms with Gasteiger partial charge >= 0.3 is 0 Å². The van der Waals surface area contributed by atoms with Crippen molar-refractivity contribution in [2.24, 2.45) is 0 Å². The minimum atomic E-state index is 0.233. The molecular weight excluding hydrogens is 739 g/mol. The normalized spacial score (nSPS) is 16.6. The summed E-state index contributed by atoms with van der Waals surface area (Å²) in [6.07, 6.45) is 13.7. The molecule has 0 amide bonds. The van der Waals surface area contributed by atoms with Crippen LogP contribution >= 0.6 is 0 Å². The Kier molecular flexibility index (Phi) is 9.48. The van der Waals surface area contributed by atoms with Crippen LogP contribution in [0.2, 0.25) is 0 Å². The van der Waals surface area contributed by atoms with Gasteiger partial charge in [0.05, 0.1) is 0 Å². The molecule has 0 bridgehead atoms. The highest BCUT2D eigenvalue weighted by Gasteiger charge is 2.37. The van der Waals surface area contributed by atoms with Gasteiger partial charge in [0.25, 0.3) is 0 Å². The molecule has 1 heterocycles. The number of rotatable bonds is 9. The van der Waals surface area contributed by atoms with Crippen LogP contribution < -0.4 is 14.7 Å². The standard InChI is InChI=1S/C58H45N3/c1-5-17-48(18-6-1)59(49-19-7-2-8-20-49)52-32-25-43(26-33-52)46-30-37-57-55(40-46)56-41-47(31-38-58(56)61(57)54-36-29-42-15-13-14-16-45(42)39-54)44-27-34-53(35-28-44)60(50-21-9-3-10-22-50)51-23-11-4-12-24-51/h1-27,29-39,41,44,55H,28,40H2. The van der Waals surface area contributed by atoms with Crippen molar-refractivity contribution in [2.75, 3.05) is 14.7 Å². The summed E-state index contributed by atoms with van der Waals surface area (Å²) in [5, 5.41) is 2.51. The molecule has 2 unspecified atom stereocenters. The Morgan fingerprint density at radius 3 is 1.66 bits per heavy atom. The molecule has 1 aliphatic heterocycles. The lowest BCUT2D eigenvalue weighted by Gasteiger charge is -2.29.